The molecule has 0 fully saturated rings. The van der Waals surface area contributed by atoms with Crippen LogP contribution in [0, 0.1) is 0 Å². The molecular weight excluding hydrogens is 303 g/mol. The lowest BCUT2D eigenvalue weighted by Gasteiger charge is -2.08. The summed E-state index contributed by atoms with van der Waals surface area (Å²) >= 11 is 0. The fourth-order valence-corrected chi connectivity index (χ4v) is 2.66. The van der Waals surface area contributed by atoms with Gasteiger partial charge in [-0.15, -0.1) is 0 Å². The highest BCUT2D eigenvalue weighted by Gasteiger charge is 2.30. The molecule has 0 spiro atoms. The zero-order chi connectivity index (χ0) is 16.7. The third kappa shape index (κ3) is 12.2. The van der Waals surface area contributed by atoms with Crippen LogP contribution in [0.15, 0.2) is 0 Å². The topological polar surface area (TPSA) is 72.8 Å². The van der Waals surface area contributed by atoms with Crippen LogP contribution in [-0.2, 0) is 13.8 Å². The van der Waals surface area contributed by atoms with Crippen molar-refractivity contribution in [3.05, 3.63) is 0 Å². The summed E-state index contributed by atoms with van der Waals surface area (Å²) in [7, 11) is -3.19. The van der Waals surface area contributed by atoms with Crippen LogP contribution in [0.1, 0.15) is 84.0 Å². The van der Waals surface area contributed by atoms with Crippen molar-refractivity contribution in [2.24, 2.45) is 0 Å². The Labute approximate surface area is 135 Å². The maximum absolute atomic E-state index is 11.1. The van der Waals surface area contributed by atoms with E-state index >= 15 is 0 Å². The van der Waals surface area contributed by atoms with Crippen LogP contribution in [0.5, 0.6) is 0 Å². The van der Waals surface area contributed by atoms with Gasteiger partial charge in [-0.2, -0.15) is 0 Å². The summed E-state index contributed by atoms with van der Waals surface area (Å²) < 4.78 is 20.0. The first-order valence-electron chi connectivity index (χ1n) is 8.60. The lowest BCUT2D eigenvalue weighted by Crippen LogP contribution is -2.05. The molecule has 0 amide bonds. The van der Waals surface area contributed by atoms with Gasteiger partial charge in [0.05, 0.1) is 6.61 Å². The number of rotatable bonds is 15. The Morgan fingerprint density at radius 1 is 0.864 bits per heavy atom. The van der Waals surface area contributed by atoms with Crippen LogP contribution in [-0.4, -0.2) is 24.3 Å². The standard InChI is InChI=1S/C16H33O5P/c1-3-4-5-6-7-8-9-10-11-12-13-14-15-21-16(17)22(18,19)20-2/h3-15H2,1-2H3,(H,18,19). The van der Waals surface area contributed by atoms with Crippen LogP contribution in [0.3, 0.4) is 0 Å². The van der Waals surface area contributed by atoms with Crippen molar-refractivity contribution >= 4 is 13.3 Å². The molecule has 0 aromatic rings. The Morgan fingerprint density at radius 2 is 1.27 bits per heavy atom. The lowest BCUT2D eigenvalue weighted by molar-refractivity contribution is 0.158. The van der Waals surface area contributed by atoms with E-state index in [4.69, 9.17) is 9.63 Å². The molecule has 132 valence electrons. The maximum Gasteiger partial charge on any atom is 0.435 e. The molecule has 1 N–H and O–H groups in total. The van der Waals surface area contributed by atoms with Gasteiger partial charge in [0.2, 0.25) is 0 Å². The van der Waals surface area contributed by atoms with Gasteiger partial charge < -0.3 is 14.2 Å². The molecule has 1 unspecified atom stereocenters. The molecule has 0 saturated carbocycles. The highest BCUT2D eigenvalue weighted by atomic mass is 31.2. The Bertz CT molecular complexity index is 320. The molecule has 6 heteroatoms. The summed E-state index contributed by atoms with van der Waals surface area (Å²) in [6.07, 6.45) is 14.7. The third-order valence-electron chi connectivity index (χ3n) is 3.70. The lowest BCUT2D eigenvalue weighted by atomic mass is 10.1. The number of unbranched alkanes of at least 4 members (excludes halogenated alkanes) is 11. The van der Waals surface area contributed by atoms with E-state index in [1.165, 1.54) is 57.8 Å². The van der Waals surface area contributed by atoms with E-state index in [0.29, 0.717) is 0 Å². The summed E-state index contributed by atoms with van der Waals surface area (Å²) in [5.41, 5.74) is -1.15. The summed E-state index contributed by atoms with van der Waals surface area (Å²) in [5.74, 6) is 0. The molecule has 0 saturated heterocycles. The molecule has 0 aliphatic carbocycles. The van der Waals surface area contributed by atoms with Crippen LogP contribution < -0.4 is 0 Å². The SMILES string of the molecule is CCCCCCCCCCCCCCOC(=O)P(=O)(O)OC. The van der Waals surface area contributed by atoms with Gasteiger partial charge in [-0.3, -0.25) is 0 Å². The van der Waals surface area contributed by atoms with Crippen LogP contribution >= 0.6 is 7.60 Å². The van der Waals surface area contributed by atoms with Gasteiger partial charge in [-0.05, 0) is 6.42 Å². The molecule has 0 radical (unpaired) electrons. The van der Waals surface area contributed by atoms with Crippen molar-refractivity contribution in [1.29, 1.82) is 0 Å². The van der Waals surface area contributed by atoms with Crippen molar-refractivity contribution in [3.63, 3.8) is 0 Å². The van der Waals surface area contributed by atoms with Gasteiger partial charge in [0.25, 0.3) is 0 Å². The number of carbonyl (C=O) groups excluding carboxylic acids is 1. The van der Waals surface area contributed by atoms with Crippen molar-refractivity contribution in [2.45, 2.75) is 84.0 Å². The molecule has 0 heterocycles. The number of carbonyl (C=O) groups is 1. The Balaban J connectivity index is 3.24. The van der Waals surface area contributed by atoms with E-state index < -0.39 is 13.3 Å². The first kappa shape index (κ1) is 21.6. The molecule has 0 aromatic heterocycles. The second-order valence-electron chi connectivity index (χ2n) is 5.71. The van der Waals surface area contributed by atoms with E-state index in [1.807, 2.05) is 0 Å². The minimum atomic E-state index is -4.21. The summed E-state index contributed by atoms with van der Waals surface area (Å²) in [6.45, 7) is 2.42. The minimum Gasteiger partial charge on any atom is -0.457 e. The zero-order valence-corrected chi connectivity index (χ0v) is 15.1. The quantitative estimate of drug-likeness (QED) is 0.309. The van der Waals surface area contributed by atoms with Crippen molar-refractivity contribution < 1.29 is 23.5 Å². The monoisotopic (exact) mass is 336 g/mol. The second-order valence-corrected chi connectivity index (χ2v) is 7.48. The number of hydrogen-bond acceptors (Lipinski definition) is 4. The molecule has 1 atom stereocenters. The van der Waals surface area contributed by atoms with Crippen LogP contribution in [0.25, 0.3) is 0 Å². The average molecular weight is 336 g/mol. The normalized spacial score (nSPS) is 13.8. The molecule has 0 bridgehead atoms. The van der Waals surface area contributed by atoms with E-state index in [-0.39, 0.29) is 6.61 Å². The van der Waals surface area contributed by atoms with E-state index in [0.717, 1.165) is 26.4 Å². The van der Waals surface area contributed by atoms with Crippen molar-refractivity contribution in [1.82, 2.24) is 0 Å². The van der Waals surface area contributed by atoms with Crippen LogP contribution in [0.2, 0.25) is 0 Å². The second kappa shape index (κ2) is 14.2. The van der Waals surface area contributed by atoms with Crippen LogP contribution in [0.4, 0.5) is 4.79 Å². The Morgan fingerprint density at radius 3 is 1.68 bits per heavy atom. The predicted octanol–water partition coefficient (Wildman–Crippen LogP) is 5.66. The van der Waals surface area contributed by atoms with Gasteiger partial charge in [0, 0.05) is 7.11 Å². The highest BCUT2D eigenvalue weighted by molar-refractivity contribution is 7.70. The molecule has 0 aliphatic heterocycles. The maximum atomic E-state index is 11.1. The highest BCUT2D eigenvalue weighted by Crippen LogP contribution is 2.42. The molecular formula is C16H33O5P. The van der Waals surface area contributed by atoms with Gasteiger partial charge in [-0.25, -0.2) is 9.36 Å². The van der Waals surface area contributed by atoms with E-state index in [9.17, 15) is 9.36 Å². The largest absolute Gasteiger partial charge is 0.457 e. The molecule has 0 rings (SSSR count). The Kier molecular flexibility index (Phi) is 14.0. The zero-order valence-electron chi connectivity index (χ0n) is 14.2. The van der Waals surface area contributed by atoms with Gasteiger partial charge >= 0.3 is 13.3 Å². The minimum absolute atomic E-state index is 0.185. The molecule has 5 nitrogen and oxygen atoms in total. The van der Waals surface area contributed by atoms with Gasteiger partial charge in [-0.1, -0.05) is 77.6 Å². The predicted molar refractivity (Wildman–Crippen MR) is 89.3 cm³/mol. The Hall–Kier alpha value is -0.380. The summed E-state index contributed by atoms with van der Waals surface area (Å²) in [4.78, 5) is 20.2. The fourth-order valence-electron chi connectivity index (χ4n) is 2.26. The average Bonchev–Trinajstić information content (AvgIpc) is 2.51. The smallest absolute Gasteiger partial charge is 0.435 e. The first-order valence-corrected chi connectivity index (χ1v) is 10.2. The number of hydrogen-bond donors (Lipinski definition) is 1. The van der Waals surface area contributed by atoms with Gasteiger partial charge in [0.15, 0.2) is 0 Å². The molecule has 0 aliphatic rings. The van der Waals surface area contributed by atoms with E-state index in [2.05, 4.69) is 11.4 Å². The first-order chi connectivity index (χ1) is 10.5. The molecule has 22 heavy (non-hydrogen) atoms. The van der Waals surface area contributed by atoms with Crippen molar-refractivity contribution in [2.75, 3.05) is 13.7 Å². The summed E-state index contributed by atoms with van der Waals surface area (Å²) in [5, 5.41) is 0. The van der Waals surface area contributed by atoms with Gasteiger partial charge in [0.1, 0.15) is 0 Å². The number of ether oxygens (including phenoxy) is 1. The third-order valence-corrected chi connectivity index (χ3v) is 4.79. The molecule has 0 aromatic carbocycles. The van der Waals surface area contributed by atoms with Crippen molar-refractivity contribution in [3.8, 4) is 0 Å². The fraction of sp³-hybridized carbons (Fsp3) is 0.938. The summed E-state index contributed by atoms with van der Waals surface area (Å²) in [6, 6.07) is 0. The van der Waals surface area contributed by atoms with E-state index in [1.54, 1.807) is 0 Å².